The van der Waals surface area contributed by atoms with Crippen molar-refractivity contribution in [1.82, 2.24) is 0 Å². The van der Waals surface area contributed by atoms with Crippen LogP contribution in [-0.2, 0) is 9.53 Å². The first-order valence-corrected chi connectivity index (χ1v) is 6.11. The first-order valence-electron chi connectivity index (χ1n) is 6.11. The molecule has 0 spiro atoms. The molecule has 0 aliphatic heterocycles. The fourth-order valence-electron chi connectivity index (χ4n) is 2.08. The number of anilines is 2. The molecule has 3 N–H and O–H groups in total. The molecular weight excluding hydrogens is 235 g/mol. The number of amides is 1. The Bertz CT molecular complexity index is 431. The SMILES string of the molecule is Nc1cc(F)ccc1NC(=O)COC1CCCC1. The molecule has 1 aliphatic carbocycles. The third-order valence-electron chi connectivity index (χ3n) is 3.04. The van der Waals surface area contributed by atoms with E-state index in [-0.39, 0.29) is 24.3 Å². The van der Waals surface area contributed by atoms with E-state index in [0.717, 1.165) is 25.7 Å². The van der Waals surface area contributed by atoms with Gasteiger partial charge in [0.25, 0.3) is 0 Å². The van der Waals surface area contributed by atoms with Gasteiger partial charge in [-0.15, -0.1) is 0 Å². The van der Waals surface area contributed by atoms with Gasteiger partial charge in [-0.05, 0) is 31.0 Å². The first kappa shape index (κ1) is 12.8. The first-order chi connectivity index (χ1) is 8.65. The van der Waals surface area contributed by atoms with E-state index in [1.807, 2.05) is 0 Å². The monoisotopic (exact) mass is 252 g/mol. The zero-order valence-electron chi connectivity index (χ0n) is 10.1. The van der Waals surface area contributed by atoms with Gasteiger partial charge in [-0.3, -0.25) is 4.79 Å². The molecule has 1 fully saturated rings. The van der Waals surface area contributed by atoms with Gasteiger partial charge in [-0.2, -0.15) is 0 Å². The van der Waals surface area contributed by atoms with Gasteiger partial charge in [-0.1, -0.05) is 12.8 Å². The smallest absolute Gasteiger partial charge is 0.250 e. The van der Waals surface area contributed by atoms with Crippen molar-refractivity contribution >= 4 is 17.3 Å². The highest BCUT2D eigenvalue weighted by atomic mass is 19.1. The van der Waals surface area contributed by atoms with E-state index in [1.54, 1.807) is 0 Å². The summed E-state index contributed by atoms with van der Waals surface area (Å²) in [5, 5.41) is 2.61. The minimum atomic E-state index is -0.423. The van der Waals surface area contributed by atoms with Crippen molar-refractivity contribution in [2.45, 2.75) is 31.8 Å². The summed E-state index contributed by atoms with van der Waals surface area (Å²) in [5.74, 6) is -0.687. The van der Waals surface area contributed by atoms with E-state index >= 15 is 0 Å². The lowest BCUT2D eigenvalue weighted by molar-refractivity contribution is -0.122. The third-order valence-corrected chi connectivity index (χ3v) is 3.04. The van der Waals surface area contributed by atoms with Crippen LogP contribution >= 0.6 is 0 Å². The minimum absolute atomic E-state index is 0.0154. The molecule has 4 nitrogen and oxygen atoms in total. The molecule has 1 aliphatic rings. The van der Waals surface area contributed by atoms with E-state index < -0.39 is 5.82 Å². The molecule has 1 aromatic carbocycles. The Morgan fingerprint density at radius 1 is 1.44 bits per heavy atom. The summed E-state index contributed by atoms with van der Waals surface area (Å²) in [6.07, 6.45) is 4.56. The number of halogens is 1. The normalized spacial score (nSPS) is 15.8. The molecule has 0 bridgehead atoms. The average Bonchev–Trinajstić information content (AvgIpc) is 2.83. The Kier molecular flexibility index (Phi) is 4.15. The summed E-state index contributed by atoms with van der Waals surface area (Å²) in [5.41, 5.74) is 6.22. The number of carbonyl (C=O) groups is 1. The number of ether oxygens (including phenoxy) is 1. The van der Waals surface area contributed by atoms with Gasteiger partial charge in [0.15, 0.2) is 0 Å². The van der Waals surface area contributed by atoms with Crippen molar-refractivity contribution in [3.63, 3.8) is 0 Å². The van der Waals surface area contributed by atoms with Crippen molar-refractivity contribution in [2.24, 2.45) is 0 Å². The number of nitrogen functional groups attached to an aromatic ring is 1. The van der Waals surface area contributed by atoms with Crippen molar-refractivity contribution < 1.29 is 13.9 Å². The molecular formula is C13H17FN2O2. The summed E-state index contributed by atoms with van der Waals surface area (Å²) in [6, 6.07) is 3.87. The molecule has 0 heterocycles. The van der Waals surface area contributed by atoms with Crippen LogP contribution in [-0.4, -0.2) is 18.6 Å². The lowest BCUT2D eigenvalue weighted by Gasteiger charge is -2.12. The van der Waals surface area contributed by atoms with E-state index in [1.165, 1.54) is 18.2 Å². The Balaban J connectivity index is 1.82. The fourth-order valence-corrected chi connectivity index (χ4v) is 2.08. The van der Waals surface area contributed by atoms with Crippen LogP contribution in [0.2, 0.25) is 0 Å². The van der Waals surface area contributed by atoms with Crippen LogP contribution in [0, 0.1) is 5.82 Å². The van der Waals surface area contributed by atoms with Crippen LogP contribution in [0.15, 0.2) is 18.2 Å². The molecule has 1 amide bonds. The number of hydrogen-bond acceptors (Lipinski definition) is 3. The molecule has 5 heteroatoms. The maximum absolute atomic E-state index is 12.8. The second-order valence-corrected chi connectivity index (χ2v) is 4.50. The van der Waals surface area contributed by atoms with Gasteiger partial charge < -0.3 is 15.8 Å². The number of nitrogens with two attached hydrogens (primary N) is 1. The summed E-state index contributed by atoms with van der Waals surface area (Å²) < 4.78 is 18.3. The van der Waals surface area contributed by atoms with Crippen LogP contribution in [0.1, 0.15) is 25.7 Å². The van der Waals surface area contributed by atoms with Crippen LogP contribution in [0.4, 0.5) is 15.8 Å². The van der Waals surface area contributed by atoms with E-state index in [2.05, 4.69) is 5.32 Å². The maximum Gasteiger partial charge on any atom is 0.250 e. The van der Waals surface area contributed by atoms with Gasteiger partial charge in [0.05, 0.1) is 17.5 Å². The highest BCUT2D eigenvalue weighted by Crippen LogP contribution is 2.21. The second kappa shape index (κ2) is 5.82. The van der Waals surface area contributed by atoms with Gasteiger partial charge in [0.1, 0.15) is 12.4 Å². The van der Waals surface area contributed by atoms with Crippen molar-refractivity contribution in [3.8, 4) is 0 Å². The van der Waals surface area contributed by atoms with Crippen molar-refractivity contribution in [3.05, 3.63) is 24.0 Å². The van der Waals surface area contributed by atoms with Gasteiger partial charge in [0.2, 0.25) is 5.91 Å². The molecule has 1 saturated carbocycles. The zero-order valence-corrected chi connectivity index (χ0v) is 10.1. The number of nitrogens with one attached hydrogen (secondary N) is 1. The quantitative estimate of drug-likeness (QED) is 0.808. The number of carbonyl (C=O) groups excluding carboxylic acids is 1. The summed E-state index contributed by atoms with van der Waals surface area (Å²) >= 11 is 0. The summed E-state index contributed by atoms with van der Waals surface area (Å²) in [7, 11) is 0. The molecule has 0 aromatic heterocycles. The van der Waals surface area contributed by atoms with Crippen LogP contribution < -0.4 is 11.1 Å². The average molecular weight is 252 g/mol. The molecule has 0 unspecified atom stereocenters. The standard InChI is InChI=1S/C13H17FN2O2/c14-9-5-6-12(11(15)7-9)16-13(17)8-18-10-3-1-2-4-10/h5-7,10H,1-4,8,15H2,(H,16,17). The largest absolute Gasteiger partial charge is 0.397 e. The third kappa shape index (κ3) is 3.43. The summed E-state index contributed by atoms with van der Waals surface area (Å²) in [4.78, 5) is 11.6. The summed E-state index contributed by atoms with van der Waals surface area (Å²) in [6.45, 7) is 0.0154. The topological polar surface area (TPSA) is 64.3 Å². The highest BCUT2D eigenvalue weighted by Gasteiger charge is 2.16. The molecule has 0 saturated heterocycles. The van der Waals surface area contributed by atoms with E-state index in [4.69, 9.17) is 10.5 Å². The van der Waals surface area contributed by atoms with Gasteiger partial charge in [-0.25, -0.2) is 4.39 Å². The fraction of sp³-hybridized carbons (Fsp3) is 0.462. The molecule has 1 aromatic rings. The lowest BCUT2D eigenvalue weighted by atomic mass is 10.2. The lowest BCUT2D eigenvalue weighted by Crippen LogP contribution is -2.22. The van der Waals surface area contributed by atoms with E-state index in [9.17, 15) is 9.18 Å². The molecule has 98 valence electrons. The molecule has 0 radical (unpaired) electrons. The molecule has 2 rings (SSSR count). The van der Waals surface area contributed by atoms with Gasteiger partial charge >= 0.3 is 0 Å². The Labute approximate surface area is 105 Å². The number of benzene rings is 1. The number of hydrogen-bond donors (Lipinski definition) is 2. The maximum atomic E-state index is 12.8. The molecule has 18 heavy (non-hydrogen) atoms. The van der Waals surface area contributed by atoms with Crippen LogP contribution in [0.25, 0.3) is 0 Å². The van der Waals surface area contributed by atoms with E-state index in [0.29, 0.717) is 5.69 Å². The Morgan fingerprint density at radius 3 is 2.83 bits per heavy atom. The second-order valence-electron chi connectivity index (χ2n) is 4.50. The minimum Gasteiger partial charge on any atom is -0.397 e. The van der Waals surface area contributed by atoms with Gasteiger partial charge in [0, 0.05) is 0 Å². The van der Waals surface area contributed by atoms with Crippen molar-refractivity contribution in [1.29, 1.82) is 0 Å². The number of rotatable bonds is 4. The molecule has 0 atom stereocenters. The van der Waals surface area contributed by atoms with Crippen LogP contribution in [0.3, 0.4) is 0 Å². The predicted octanol–water partition coefficient (Wildman–Crippen LogP) is 2.31. The zero-order chi connectivity index (χ0) is 13.0. The van der Waals surface area contributed by atoms with Crippen LogP contribution in [0.5, 0.6) is 0 Å². The predicted molar refractivity (Wildman–Crippen MR) is 67.7 cm³/mol. The van der Waals surface area contributed by atoms with Crippen molar-refractivity contribution in [2.75, 3.05) is 17.7 Å². The Hall–Kier alpha value is -1.62. The highest BCUT2D eigenvalue weighted by molar-refractivity contribution is 5.94. The Morgan fingerprint density at radius 2 is 2.17 bits per heavy atom.